The summed E-state index contributed by atoms with van der Waals surface area (Å²) in [5, 5.41) is 0. The Bertz CT molecular complexity index is 409. The van der Waals surface area contributed by atoms with Crippen LogP contribution in [0.15, 0.2) is 23.3 Å². The molecule has 2 aliphatic rings. The van der Waals surface area contributed by atoms with Gasteiger partial charge in [0.2, 0.25) is 0 Å². The van der Waals surface area contributed by atoms with Crippen molar-refractivity contribution in [1.82, 2.24) is 4.98 Å². The molecule has 0 N–H and O–H groups in total. The third kappa shape index (κ3) is 1.65. The standard InChI is InChI=1S/C9H10B2N2O2/c1-2-6-3-4-7(12-5-6)9(11-15-9)13-8-10-14-8/h3-5,10-11H,2H2,1H3/b13-8+. The zero-order chi connectivity index (χ0) is 10.3. The Kier molecular flexibility index (Phi) is 1.85. The highest BCUT2D eigenvalue weighted by molar-refractivity contribution is 6.83. The summed E-state index contributed by atoms with van der Waals surface area (Å²) in [5.41, 5.74) is 1.57. The van der Waals surface area contributed by atoms with Crippen molar-refractivity contribution in [3.63, 3.8) is 0 Å². The van der Waals surface area contributed by atoms with Crippen molar-refractivity contribution in [1.29, 1.82) is 0 Å². The maximum Gasteiger partial charge on any atom is 0.434 e. The molecule has 3 heterocycles. The molecular weight excluding hydrogens is 190 g/mol. The normalized spacial score (nSPS) is 29.0. The van der Waals surface area contributed by atoms with Gasteiger partial charge in [-0.1, -0.05) is 13.0 Å². The molecule has 0 saturated carbocycles. The lowest BCUT2D eigenvalue weighted by Crippen LogP contribution is -2.09. The van der Waals surface area contributed by atoms with Gasteiger partial charge in [-0.05, 0) is 18.1 Å². The molecule has 1 atom stereocenters. The lowest BCUT2D eigenvalue weighted by atomic mass is 9.92. The molecule has 15 heavy (non-hydrogen) atoms. The van der Waals surface area contributed by atoms with Crippen LogP contribution in [0.4, 0.5) is 0 Å². The molecule has 0 amide bonds. The fraction of sp³-hybridized carbons (Fsp3) is 0.333. The first-order chi connectivity index (χ1) is 7.32. The van der Waals surface area contributed by atoms with E-state index in [0.717, 1.165) is 17.9 Å². The van der Waals surface area contributed by atoms with E-state index < -0.39 is 5.62 Å². The Balaban J connectivity index is 1.88. The average molecular weight is 200 g/mol. The molecule has 0 bridgehead atoms. The van der Waals surface area contributed by atoms with Crippen molar-refractivity contribution >= 4 is 20.8 Å². The number of nitrogens with zero attached hydrogens (tertiary/aromatic N) is 2. The summed E-state index contributed by atoms with van der Waals surface area (Å²) in [5.74, 6) is 0.772. The maximum atomic E-state index is 5.38. The van der Waals surface area contributed by atoms with Gasteiger partial charge in [-0.3, -0.25) is 4.98 Å². The van der Waals surface area contributed by atoms with Gasteiger partial charge in [0.25, 0.3) is 0 Å². The van der Waals surface area contributed by atoms with Crippen LogP contribution < -0.4 is 0 Å². The van der Waals surface area contributed by atoms with Gasteiger partial charge in [-0.25, -0.2) is 4.99 Å². The highest BCUT2D eigenvalue weighted by Crippen LogP contribution is 2.37. The third-order valence-electron chi connectivity index (χ3n) is 2.63. The number of rotatable bonds is 3. The van der Waals surface area contributed by atoms with Crippen molar-refractivity contribution < 1.29 is 9.31 Å². The molecule has 1 unspecified atom stereocenters. The van der Waals surface area contributed by atoms with E-state index in [1.807, 2.05) is 12.3 Å². The van der Waals surface area contributed by atoms with E-state index in [4.69, 9.17) is 9.31 Å². The summed E-state index contributed by atoms with van der Waals surface area (Å²) in [6, 6.07) is 4.05. The second kappa shape index (κ2) is 3.10. The minimum Gasteiger partial charge on any atom is -0.549 e. The van der Waals surface area contributed by atoms with Crippen LogP contribution in [0.3, 0.4) is 0 Å². The van der Waals surface area contributed by atoms with E-state index in [1.165, 1.54) is 5.56 Å². The van der Waals surface area contributed by atoms with Crippen LogP contribution in [0.2, 0.25) is 0 Å². The van der Waals surface area contributed by atoms with Gasteiger partial charge in [0.05, 0.1) is 5.69 Å². The molecule has 1 aromatic rings. The molecule has 2 aliphatic heterocycles. The van der Waals surface area contributed by atoms with Crippen molar-refractivity contribution in [3.05, 3.63) is 29.6 Å². The number of hydrogen-bond acceptors (Lipinski definition) is 4. The maximum absolute atomic E-state index is 5.38. The molecular formula is C9H10B2N2O2. The fourth-order valence-electron chi connectivity index (χ4n) is 1.50. The number of aryl methyl sites for hydroxylation is 1. The third-order valence-corrected chi connectivity index (χ3v) is 2.63. The Morgan fingerprint density at radius 1 is 1.53 bits per heavy atom. The summed E-state index contributed by atoms with van der Waals surface area (Å²) in [7, 11) is 1.25. The summed E-state index contributed by atoms with van der Waals surface area (Å²) < 4.78 is 10.4. The zero-order valence-corrected chi connectivity index (χ0v) is 8.56. The second-order valence-corrected chi connectivity index (χ2v) is 3.77. The first-order valence-electron chi connectivity index (χ1n) is 5.13. The van der Waals surface area contributed by atoms with E-state index >= 15 is 0 Å². The Morgan fingerprint density at radius 3 is 2.80 bits per heavy atom. The largest absolute Gasteiger partial charge is 0.549 e. The first kappa shape index (κ1) is 8.97. The summed E-state index contributed by atoms with van der Waals surface area (Å²) in [4.78, 5) is 8.74. The first-order valence-corrected chi connectivity index (χ1v) is 5.13. The number of pyridine rings is 1. The predicted octanol–water partition coefficient (Wildman–Crippen LogP) is -0.126. The van der Waals surface area contributed by atoms with Crippen molar-refractivity contribution in [2.75, 3.05) is 0 Å². The van der Waals surface area contributed by atoms with Crippen LogP contribution in [-0.4, -0.2) is 25.7 Å². The van der Waals surface area contributed by atoms with Crippen molar-refractivity contribution in [2.24, 2.45) is 4.99 Å². The quantitative estimate of drug-likeness (QED) is 0.504. The zero-order valence-electron chi connectivity index (χ0n) is 8.56. The smallest absolute Gasteiger partial charge is 0.434 e. The molecule has 3 rings (SSSR count). The van der Waals surface area contributed by atoms with Crippen molar-refractivity contribution in [2.45, 2.75) is 19.0 Å². The van der Waals surface area contributed by atoms with Crippen molar-refractivity contribution in [3.8, 4) is 0 Å². The van der Waals surface area contributed by atoms with Gasteiger partial charge in [0.15, 0.2) is 11.4 Å². The van der Waals surface area contributed by atoms with Gasteiger partial charge >= 0.3 is 15.0 Å². The van der Waals surface area contributed by atoms with E-state index in [0.29, 0.717) is 15.0 Å². The van der Waals surface area contributed by atoms with E-state index in [2.05, 4.69) is 23.0 Å². The summed E-state index contributed by atoms with van der Waals surface area (Å²) in [6.45, 7) is 2.11. The van der Waals surface area contributed by atoms with E-state index in [-0.39, 0.29) is 0 Å². The topological polar surface area (TPSA) is 50.3 Å². The highest BCUT2D eigenvalue weighted by Gasteiger charge is 2.51. The Morgan fingerprint density at radius 2 is 2.33 bits per heavy atom. The van der Waals surface area contributed by atoms with E-state index in [9.17, 15) is 0 Å². The number of aliphatic imine (C=N–C) groups is 1. The van der Waals surface area contributed by atoms with Crippen LogP contribution in [0.5, 0.6) is 0 Å². The Labute approximate surface area is 89.3 Å². The van der Waals surface area contributed by atoms with Crippen LogP contribution in [0.25, 0.3) is 0 Å². The Hall–Kier alpha value is -1.29. The van der Waals surface area contributed by atoms with Gasteiger partial charge in [0, 0.05) is 6.20 Å². The van der Waals surface area contributed by atoms with Gasteiger partial charge in [-0.2, -0.15) is 0 Å². The molecule has 6 heteroatoms. The van der Waals surface area contributed by atoms with Gasteiger partial charge in [0.1, 0.15) is 0 Å². The molecule has 0 aromatic carbocycles. The molecule has 2 fully saturated rings. The molecule has 4 nitrogen and oxygen atoms in total. The predicted molar refractivity (Wildman–Crippen MR) is 59.2 cm³/mol. The summed E-state index contributed by atoms with van der Waals surface area (Å²) in [6.07, 6.45) is 2.88. The molecule has 0 aliphatic carbocycles. The lowest BCUT2D eigenvalue weighted by molar-refractivity contribution is 0.327. The van der Waals surface area contributed by atoms with Crippen LogP contribution in [0.1, 0.15) is 18.2 Å². The van der Waals surface area contributed by atoms with E-state index in [1.54, 1.807) is 0 Å². The van der Waals surface area contributed by atoms with Crippen LogP contribution in [0, 0.1) is 0 Å². The number of hydrogen-bond donors (Lipinski definition) is 0. The molecule has 0 radical (unpaired) electrons. The number of aromatic nitrogens is 1. The SMILES string of the molecule is CCc1ccc(C2(/N=C3\BO3)BO2)nc1. The van der Waals surface area contributed by atoms with Crippen LogP contribution in [-0.2, 0) is 21.4 Å². The minimum atomic E-state index is -0.530. The highest BCUT2D eigenvalue weighted by atomic mass is 16.6. The lowest BCUT2D eigenvalue weighted by Gasteiger charge is -2.06. The van der Waals surface area contributed by atoms with Crippen LogP contribution >= 0.6 is 0 Å². The second-order valence-electron chi connectivity index (χ2n) is 3.77. The van der Waals surface area contributed by atoms with Gasteiger partial charge in [-0.15, -0.1) is 0 Å². The molecule has 2 saturated heterocycles. The summed E-state index contributed by atoms with van der Waals surface area (Å²) >= 11 is 0. The molecule has 0 spiro atoms. The monoisotopic (exact) mass is 200 g/mol. The molecule has 1 aromatic heterocycles. The fourth-order valence-corrected chi connectivity index (χ4v) is 1.50. The minimum absolute atomic E-state index is 0.530. The molecule has 74 valence electrons. The van der Waals surface area contributed by atoms with Gasteiger partial charge < -0.3 is 9.31 Å². The average Bonchev–Trinajstić information content (AvgIpc) is 3.17.